The minimum Gasteiger partial charge on any atom is -0.457 e. The average Bonchev–Trinajstić information content (AvgIpc) is 2.62. The molecular weight excluding hydrogens is 284 g/mol. The molecule has 1 amide bonds. The summed E-state index contributed by atoms with van der Waals surface area (Å²) in [4.78, 5) is 12.0. The smallest absolute Gasteiger partial charge is 0.257 e. The molecule has 1 aromatic heterocycles. The molecule has 1 N–H and O–H groups in total. The van der Waals surface area contributed by atoms with Gasteiger partial charge >= 0.3 is 0 Å². The van der Waals surface area contributed by atoms with Crippen LogP contribution in [0.2, 0.25) is 0 Å². The lowest BCUT2D eigenvalue weighted by atomic mass is 9.76. The van der Waals surface area contributed by atoms with Crippen molar-refractivity contribution in [3.8, 4) is 6.07 Å². The summed E-state index contributed by atoms with van der Waals surface area (Å²) in [7, 11) is 0. The molecule has 17 heavy (non-hydrogen) atoms. The van der Waals surface area contributed by atoms with Crippen molar-refractivity contribution >= 4 is 21.8 Å². The predicted molar refractivity (Wildman–Crippen MR) is 67.3 cm³/mol. The van der Waals surface area contributed by atoms with E-state index in [2.05, 4.69) is 27.3 Å². The second-order valence-electron chi connectivity index (χ2n) is 5.05. The maximum Gasteiger partial charge on any atom is 0.257 e. The first-order valence-corrected chi connectivity index (χ1v) is 5.97. The summed E-state index contributed by atoms with van der Waals surface area (Å²) in [5.41, 5.74) is -0.926. The van der Waals surface area contributed by atoms with Crippen LogP contribution in [0.1, 0.15) is 38.1 Å². The van der Waals surface area contributed by atoms with Crippen LogP contribution >= 0.6 is 15.9 Å². The standard InChI is InChI=1S/C12H15BrN2O2/c1-11(2,3)12(4,7-14)15-10(16)8-5-6-17-9(8)13/h5-6H,1-4H3,(H,15,16)/t12-/m1/s1. The monoisotopic (exact) mass is 298 g/mol. The first-order valence-electron chi connectivity index (χ1n) is 5.18. The van der Waals surface area contributed by atoms with E-state index in [9.17, 15) is 10.1 Å². The highest BCUT2D eigenvalue weighted by molar-refractivity contribution is 9.10. The Bertz CT molecular complexity index is 468. The average molecular weight is 299 g/mol. The van der Waals surface area contributed by atoms with Crippen LogP contribution in [0.25, 0.3) is 0 Å². The number of rotatable bonds is 2. The molecule has 0 fully saturated rings. The molecule has 1 rings (SSSR count). The summed E-state index contributed by atoms with van der Waals surface area (Å²) in [6.07, 6.45) is 1.42. The van der Waals surface area contributed by atoms with Gasteiger partial charge in [-0.2, -0.15) is 5.26 Å². The number of halogens is 1. The summed E-state index contributed by atoms with van der Waals surface area (Å²) in [6, 6.07) is 3.71. The third-order valence-corrected chi connectivity index (χ3v) is 3.56. The fourth-order valence-electron chi connectivity index (χ4n) is 1.13. The molecule has 1 aromatic rings. The van der Waals surface area contributed by atoms with E-state index in [1.807, 2.05) is 20.8 Å². The van der Waals surface area contributed by atoms with Gasteiger partial charge in [0.05, 0.1) is 17.9 Å². The van der Waals surface area contributed by atoms with Crippen molar-refractivity contribution in [3.05, 3.63) is 22.6 Å². The van der Waals surface area contributed by atoms with Crippen molar-refractivity contribution < 1.29 is 9.21 Å². The van der Waals surface area contributed by atoms with Crippen molar-refractivity contribution in [2.45, 2.75) is 33.2 Å². The number of carbonyl (C=O) groups excluding carboxylic acids is 1. The summed E-state index contributed by atoms with van der Waals surface area (Å²) >= 11 is 3.14. The molecule has 0 aliphatic heterocycles. The molecule has 5 heteroatoms. The normalized spacial score (nSPS) is 14.8. The Morgan fingerprint density at radius 3 is 2.41 bits per heavy atom. The minimum absolute atomic E-state index is 0.329. The van der Waals surface area contributed by atoms with E-state index < -0.39 is 5.54 Å². The summed E-state index contributed by atoms with van der Waals surface area (Å²) < 4.78 is 5.36. The Morgan fingerprint density at radius 1 is 1.47 bits per heavy atom. The van der Waals surface area contributed by atoms with Crippen LogP contribution < -0.4 is 5.32 Å². The fraction of sp³-hybridized carbons (Fsp3) is 0.500. The van der Waals surface area contributed by atoms with Gasteiger partial charge < -0.3 is 9.73 Å². The highest BCUT2D eigenvalue weighted by atomic mass is 79.9. The van der Waals surface area contributed by atoms with E-state index in [1.54, 1.807) is 13.0 Å². The van der Waals surface area contributed by atoms with E-state index in [4.69, 9.17) is 4.42 Å². The van der Waals surface area contributed by atoms with Gasteiger partial charge in [0.15, 0.2) is 4.67 Å². The molecule has 0 aromatic carbocycles. The topological polar surface area (TPSA) is 66.0 Å². The summed E-state index contributed by atoms with van der Waals surface area (Å²) in [5, 5.41) is 12.0. The number of carbonyl (C=O) groups is 1. The molecule has 0 radical (unpaired) electrons. The summed E-state index contributed by atoms with van der Waals surface area (Å²) in [5.74, 6) is -0.329. The van der Waals surface area contributed by atoms with Crippen molar-refractivity contribution in [1.29, 1.82) is 5.26 Å². The molecule has 0 aliphatic rings. The van der Waals surface area contributed by atoms with Crippen LogP contribution in [-0.2, 0) is 0 Å². The number of nitrogens with zero attached hydrogens (tertiary/aromatic N) is 1. The molecule has 1 heterocycles. The zero-order valence-electron chi connectivity index (χ0n) is 10.3. The van der Waals surface area contributed by atoms with E-state index >= 15 is 0 Å². The Morgan fingerprint density at radius 2 is 2.06 bits per heavy atom. The van der Waals surface area contributed by atoms with Crippen LogP contribution in [0.3, 0.4) is 0 Å². The molecule has 0 aliphatic carbocycles. The van der Waals surface area contributed by atoms with Gasteiger partial charge in [-0.3, -0.25) is 4.79 Å². The molecular formula is C12H15BrN2O2. The van der Waals surface area contributed by atoms with Crippen LogP contribution in [0.4, 0.5) is 0 Å². The Kier molecular flexibility index (Phi) is 3.68. The van der Waals surface area contributed by atoms with Crippen LogP contribution in [0, 0.1) is 16.7 Å². The second-order valence-corrected chi connectivity index (χ2v) is 5.77. The van der Waals surface area contributed by atoms with Crippen LogP contribution in [0.15, 0.2) is 21.4 Å². The molecule has 92 valence electrons. The zero-order chi connectivity index (χ0) is 13.3. The molecule has 0 saturated carbocycles. The lowest BCUT2D eigenvalue weighted by Gasteiger charge is -2.36. The molecule has 0 spiro atoms. The maximum atomic E-state index is 12.0. The Balaban J connectivity index is 2.96. The molecule has 1 atom stereocenters. The van der Waals surface area contributed by atoms with Gasteiger partial charge in [-0.15, -0.1) is 0 Å². The van der Waals surface area contributed by atoms with Crippen molar-refractivity contribution in [2.75, 3.05) is 0 Å². The number of amides is 1. The fourth-order valence-corrected chi connectivity index (χ4v) is 1.55. The van der Waals surface area contributed by atoms with Crippen LogP contribution in [0.5, 0.6) is 0 Å². The highest BCUT2D eigenvalue weighted by Gasteiger charge is 2.39. The largest absolute Gasteiger partial charge is 0.457 e. The summed E-state index contributed by atoms with van der Waals surface area (Å²) in [6.45, 7) is 7.42. The Hall–Kier alpha value is -1.28. The van der Waals surface area contributed by atoms with Gasteiger partial charge in [0.25, 0.3) is 5.91 Å². The van der Waals surface area contributed by atoms with Gasteiger partial charge in [-0.25, -0.2) is 0 Å². The first-order chi connectivity index (χ1) is 7.71. The number of furan rings is 1. The van der Waals surface area contributed by atoms with Gasteiger partial charge in [0, 0.05) is 0 Å². The number of nitriles is 1. The van der Waals surface area contributed by atoms with Crippen molar-refractivity contribution in [3.63, 3.8) is 0 Å². The highest BCUT2D eigenvalue weighted by Crippen LogP contribution is 2.30. The van der Waals surface area contributed by atoms with Gasteiger partial charge in [0.1, 0.15) is 5.54 Å². The van der Waals surface area contributed by atoms with Gasteiger partial charge in [-0.1, -0.05) is 20.8 Å². The van der Waals surface area contributed by atoms with Gasteiger partial charge in [-0.05, 0) is 34.3 Å². The van der Waals surface area contributed by atoms with Crippen molar-refractivity contribution in [2.24, 2.45) is 5.41 Å². The van der Waals surface area contributed by atoms with E-state index in [1.165, 1.54) is 6.26 Å². The van der Waals surface area contributed by atoms with Crippen molar-refractivity contribution in [1.82, 2.24) is 5.32 Å². The number of hydrogen-bond acceptors (Lipinski definition) is 3. The minimum atomic E-state index is -0.944. The molecule has 0 saturated heterocycles. The quantitative estimate of drug-likeness (QED) is 0.912. The number of hydrogen-bond donors (Lipinski definition) is 1. The molecule has 4 nitrogen and oxygen atoms in total. The van der Waals surface area contributed by atoms with Gasteiger partial charge in [0.2, 0.25) is 0 Å². The Labute approximate surface area is 109 Å². The third-order valence-electron chi connectivity index (χ3n) is 2.95. The molecule has 0 unspecified atom stereocenters. The third kappa shape index (κ3) is 2.70. The zero-order valence-corrected chi connectivity index (χ0v) is 11.9. The number of nitrogens with one attached hydrogen (secondary N) is 1. The SMILES string of the molecule is CC(C)(C)[C@@](C)(C#N)NC(=O)c1ccoc1Br. The van der Waals surface area contributed by atoms with E-state index in [0.29, 0.717) is 10.2 Å². The maximum absolute atomic E-state index is 12.0. The lowest BCUT2D eigenvalue weighted by Crippen LogP contribution is -2.53. The lowest BCUT2D eigenvalue weighted by molar-refractivity contribution is 0.0866. The predicted octanol–water partition coefficient (Wildman–Crippen LogP) is 3.10. The van der Waals surface area contributed by atoms with E-state index in [0.717, 1.165) is 0 Å². The molecule has 0 bridgehead atoms. The van der Waals surface area contributed by atoms with Crippen LogP contribution in [-0.4, -0.2) is 11.4 Å². The second kappa shape index (κ2) is 4.53. The first kappa shape index (κ1) is 13.8. The van der Waals surface area contributed by atoms with E-state index in [-0.39, 0.29) is 11.3 Å².